The number of rotatable bonds is 47. The van der Waals surface area contributed by atoms with Gasteiger partial charge in [0.05, 0.1) is 0 Å². The third kappa shape index (κ3) is 45.9. The molecule has 2 atom stereocenters. The highest BCUT2D eigenvalue weighted by Crippen LogP contribution is 2.18. The molecular weight excluding hydrogens is 745 g/mol. The third-order valence-electron chi connectivity index (χ3n) is 12.5. The highest BCUT2D eigenvalue weighted by molar-refractivity contribution is 5.71. The average Bonchev–Trinajstić information content (AvgIpc) is 3.22. The standard InChI is InChI=1S/C54H104O6/c1-7-50(6)42-36-30-24-18-16-14-12-10-8-9-11-13-15-17-19-25-31-37-43-52(55)58-46-51(60-54(57)45-39-33-27-21-23-29-35-41-49(4)5)47-59-53(56)44-38-32-26-20-22-28-34-40-48(2)3/h48-51H,7-47H2,1-6H3/t50?,51-/m1/s1. The van der Waals surface area contributed by atoms with E-state index in [4.69, 9.17) is 14.2 Å². The first-order valence-corrected chi connectivity index (χ1v) is 26.6. The average molecular weight is 849 g/mol. The monoisotopic (exact) mass is 849 g/mol. The number of hydrogen-bond donors (Lipinski definition) is 0. The summed E-state index contributed by atoms with van der Waals surface area (Å²) >= 11 is 0. The zero-order valence-electron chi connectivity index (χ0n) is 41.3. The van der Waals surface area contributed by atoms with E-state index >= 15 is 0 Å². The molecule has 6 nitrogen and oxygen atoms in total. The van der Waals surface area contributed by atoms with Crippen molar-refractivity contribution in [3.05, 3.63) is 0 Å². The molecule has 0 saturated carbocycles. The summed E-state index contributed by atoms with van der Waals surface area (Å²) in [6.45, 7) is 13.7. The Balaban J connectivity index is 4.15. The molecule has 0 aromatic carbocycles. The first kappa shape index (κ1) is 58.4. The fourth-order valence-electron chi connectivity index (χ4n) is 8.08. The van der Waals surface area contributed by atoms with E-state index in [-0.39, 0.29) is 31.1 Å². The van der Waals surface area contributed by atoms with Crippen molar-refractivity contribution in [1.29, 1.82) is 0 Å². The molecule has 0 fully saturated rings. The van der Waals surface area contributed by atoms with Crippen LogP contribution >= 0.6 is 0 Å². The second kappa shape index (κ2) is 45.4. The van der Waals surface area contributed by atoms with Crippen LogP contribution in [0, 0.1) is 17.8 Å². The molecule has 1 unspecified atom stereocenters. The largest absolute Gasteiger partial charge is 0.462 e. The lowest BCUT2D eigenvalue weighted by Gasteiger charge is -2.18. The molecule has 0 aromatic heterocycles. The number of ether oxygens (including phenoxy) is 3. The molecule has 0 aliphatic heterocycles. The Kier molecular flexibility index (Phi) is 44.2. The molecule has 0 heterocycles. The Bertz CT molecular complexity index is 931. The molecule has 0 N–H and O–H groups in total. The van der Waals surface area contributed by atoms with Crippen LogP contribution in [0.3, 0.4) is 0 Å². The molecule has 0 amide bonds. The van der Waals surface area contributed by atoms with Gasteiger partial charge in [-0.2, -0.15) is 0 Å². The van der Waals surface area contributed by atoms with Gasteiger partial charge >= 0.3 is 17.9 Å². The Morgan fingerprint density at radius 1 is 0.333 bits per heavy atom. The van der Waals surface area contributed by atoms with Crippen LogP contribution in [-0.4, -0.2) is 37.2 Å². The Labute approximate surface area is 374 Å². The molecule has 0 rings (SSSR count). The number of carbonyl (C=O) groups is 3. The maximum Gasteiger partial charge on any atom is 0.306 e. The fourth-order valence-corrected chi connectivity index (χ4v) is 8.08. The van der Waals surface area contributed by atoms with Crippen LogP contribution in [0.25, 0.3) is 0 Å². The van der Waals surface area contributed by atoms with Crippen molar-refractivity contribution in [1.82, 2.24) is 0 Å². The van der Waals surface area contributed by atoms with E-state index in [2.05, 4.69) is 41.5 Å². The Morgan fingerprint density at radius 2 is 0.583 bits per heavy atom. The minimum Gasteiger partial charge on any atom is -0.462 e. The molecule has 0 saturated heterocycles. The highest BCUT2D eigenvalue weighted by atomic mass is 16.6. The minimum absolute atomic E-state index is 0.0657. The SMILES string of the molecule is CCC(C)CCCCCCCCCCCCCCCCCCCCC(=O)OC[C@H](COC(=O)CCCCCCCCCC(C)C)OC(=O)CCCCCCCCCC(C)C. The van der Waals surface area contributed by atoms with Crippen LogP contribution in [0.5, 0.6) is 0 Å². The maximum atomic E-state index is 12.7. The summed E-state index contributed by atoms with van der Waals surface area (Å²) in [5.41, 5.74) is 0. The van der Waals surface area contributed by atoms with Gasteiger partial charge in [0.2, 0.25) is 0 Å². The van der Waals surface area contributed by atoms with Crippen LogP contribution in [0.15, 0.2) is 0 Å². The molecule has 0 aromatic rings. The molecule has 0 aliphatic carbocycles. The zero-order chi connectivity index (χ0) is 44.2. The summed E-state index contributed by atoms with van der Waals surface area (Å²) in [5, 5.41) is 0. The van der Waals surface area contributed by atoms with Crippen LogP contribution in [-0.2, 0) is 28.6 Å². The molecule has 60 heavy (non-hydrogen) atoms. The van der Waals surface area contributed by atoms with E-state index in [1.165, 1.54) is 173 Å². The van der Waals surface area contributed by atoms with E-state index in [9.17, 15) is 14.4 Å². The molecule has 6 heteroatoms. The van der Waals surface area contributed by atoms with Crippen molar-refractivity contribution in [2.45, 2.75) is 298 Å². The lowest BCUT2D eigenvalue weighted by molar-refractivity contribution is -0.167. The molecular formula is C54H104O6. The molecule has 356 valence electrons. The lowest BCUT2D eigenvalue weighted by Crippen LogP contribution is -2.30. The van der Waals surface area contributed by atoms with Crippen molar-refractivity contribution in [3.8, 4) is 0 Å². The summed E-state index contributed by atoms with van der Waals surface area (Å²) in [7, 11) is 0. The summed E-state index contributed by atoms with van der Waals surface area (Å²) in [4.78, 5) is 37.9. The number of esters is 3. The van der Waals surface area contributed by atoms with Gasteiger partial charge in [-0.05, 0) is 37.0 Å². The van der Waals surface area contributed by atoms with Gasteiger partial charge in [-0.3, -0.25) is 14.4 Å². The van der Waals surface area contributed by atoms with Crippen molar-refractivity contribution < 1.29 is 28.6 Å². The molecule has 0 spiro atoms. The van der Waals surface area contributed by atoms with Crippen molar-refractivity contribution >= 4 is 17.9 Å². The topological polar surface area (TPSA) is 78.9 Å². The number of carbonyl (C=O) groups excluding carboxylic acids is 3. The number of hydrogen-bond acceptors (Lipinski definition) is 6. The van der Waals surface area contributed by atoms with Gasteiger partial charge in [-0.15, -0.1) is 0 Å². The zero-order valence-corrected chi connectivity index (χ0v) is 41.3. The second-order valence-corrected chi connectivity index (χ2v) is 19.7. The predicted octanol–water partition coefficient (Wildman–Crippen LogP) is 17.2. The van der Waals surface area contributed by atoms with Crippen LogP contribution < -0.4 is 0 Å². The predicted molar refractivity (Wildman–Crippen MR) is 256 cm³/mol. The van der Waals surface area contributed by atoms with Crippen molar-refractivity contribution in [3.63, 3.8) is 0 Å². The first-order chi connectivity index (χ1) is 29.1. The van der Waals surface area contributed by atoms with E-state index < -0.39 is 6.10 Å². The minimum atomic E-state index is -0.763. The van der Waals surface area contributed by atoms with E-state index in [1.54, 1.807) is 0 Å². The summed E-state index contributed by atoms with van der Waals surface area (Å²) in [6, 6.07) is 0. The van der Waals surface area contributed by atoms with Gasteiger partial charge < -0.3 is 14.2 Å². The van der Waals surface area contributed by atoms with Crippen LogP contribution in [0.4, 0.5) is 0 Å². The normalized spacial score (nSPS) is 12.6. The fraction of sp³-hybridized carbons (Fsp3) is 0.944. The van der Waals surface area contributed by atoms with Crippen LogP contribution in [0.2, 0.25) is 0 Å². The van der Waals surface area contributed by atoms with Gasteiger partial charge in [0.25, 0.3) is 0 Å². The van der Waals surface area contributed by atoms with Crippen LogP contribution in [0.1, 0.15) is 292 Å². The second-order valence-electron chi connectivity index (χ2n) is 19.7. The quantitative estimate of drug-likeness (QED) is 0.0345. The van der Waals surface area contributed by atoms with Gasteiger partial charge in [0, 0.05) is 19.3 Å². The molecule has 0 radical (unpaired) electrons. The smallest absolute Gasteiger partial charge is 0.306 e. The number of unbranched alkanes of at least 4 members (excludes halogenated alkanes) is 29. The third-order valence-corrected chi connectivity index (χ3v) is 12.5. The van der Waals surface area contributed by atoms with Crippen molar-refractivity contribution in [2.75, 3.05) is 13.2 Å². The summed E-state index contributed by atoms with van der Waals surface area (Å²) < 4.78 is 16.8. The van der Waals surface area contributed by atoms with E-state index in [1.807, 2.05) is 0 Å². The van der Waals surface area contributed by atoms with Crippen molar-refractivity contribution in [2.24, 2.45) is 17.8 Å². The highest BCUT2D eigenvalue weighted by Gasteiger charge is 2.19. The van der Waals surface area contributed by atoms with E-state index in [0.717, 1.165) is 75.5 Å². The summed E-state index contributed by atoms with van der Waals surface area (Å²) in [6.07, 6.45) is 45.4. The van der Waals surface area contributed by atoms with Gasteiger partial charge in [-0.25, -0.2) is 0 Å². The van der Waals surface area contributed by atoms with E-state index in [0.29, 0.717) is 19.3 Å². The van der Waals surface area contributed by atoms with Gasteiger partial charge in [0.1, 0.15) is 13.2 Å². The molecule has 0 bridgehead atoms. The maximum absolute atomic E-state index is 12.7. The Hall–Kier alpha value is -1.59. The van der Waals surface area contributed by atoms with Gasteiger partial charge in [0.15, 0.2) is 6.10 Å². The molecule has 0 aliphatic rings. The first-order valence-electron chi connectivity index (χ1n) is 26.6. The Morgan fingerprint density at radius 3 is 0.867 bits per heavy atom. The van der Waals surface area contributed by atoms with Gasteiger partial charge in [-0.1, -0.05) is 253 Å². The summed E-state index contributed by atoms with van der Waals surface area (Å²) in [5.74, 6) is 1.61. The lowest BCUT2D eigenvalue weighted by atomic mass is 9.99.